The second kappa shape index (κ2) is 5.28. The lowest BCUT2D eigenvalue weighted by Crippen LogP contribution is -2.07. The van der Waals surface area contributed by atoms with Gasteiger partial charge in [-0.25, -0.2) is 0 Å². The van der Waals surface area contributed by atoms with E-state index in [-0.39, 0.29) is 0 Å². The van der Waals surface area contributed by atoms with Crippen molar-refractivity contribution in [3.63, 3.8) is 0 Å². The summed E-state index contributed by atoms with van der Waals surface area (Å²) in [5, 5.41) is 0.758. The number of ether oxygens (including phenoxy) is 1. The highest BCUT2D eigenvalue weighted by Gasteiger charge is 2.23. The molecular weight excluding hydrogens is 234 g/mol. The molecule has 0 aliphatic heterocycles. The highest BCUT2D eigenvalue weighted by molar-refractivity contribution is 6.33. The van der Waals surface area contributed by atoms with E-state index >= 15 is 0 Å². The van der Waals surface area contributed by atoms with Crippen LogP contribution < -0.4 is 10.5 Å². The molecule has 3 heteroatoms. The fraction of sp³-hybridized carbons (Fsp3) is 0.571. The number of aryl methyl sites for hydroxylation is 1. The summed E-state index contributed by atoms with van der Waals surface area (Å²) in [6, 6.07) is 2.15. The maximum atomic E-state index is 6.38. The Morgan fingerprint density at radius 2 is 2.12 bits per heavy atom. The lowest BCUT2D eigenvalue weighted by molar-refractivity contribution is 0.298. The highest BCUT2D eigenvalue weighted by atomic mass is 35.5. The smallest absolute Gasteiger partial charge is 0.141 e. The molecular formula is C14H20ClNO. The Labute approximate surface area is 108 Å². The van der Waals surface area contributed by atoms with Crippen molar-refractivity contribution in [2.75, 3.05) is 13.2 Å². The van der Waals surface area contributed by atoms with E-state index in [9.17, 15) is 0 Å². The van der Waals surface area contributed by atoms with Crippen molar-refractivity contribution in [1.82, 2.24) is 0 Å². The van der Waals surface area contributed by atoms with E-state index in [1.165, 1.54) is 18.4 Å². The Bertz CT molecular complexity index is 413. The molecule has 2 N–H and O–H groups in total. The van der Waals surface area contributed by atoms with Gasteiger partial charge in [0.2, 0.25) is 0 Å². The second-order valence-electron chi connectivity index (χ2n) is 4.91. The molecule has 0 atom stereocenters. The van der Waals surface area contributed by atoms with Gasteiger partial charge in [-0.15, -0.1) is 0 Å². The predicted octanol–water partition coefficient (Wildman–Crippen LogP) is 3.25. The molecule has 1 fully saturated rings. The van der Waals surface area contributed by atoms with Crippen LogP contribution in [0.5, 0.6) is 5.75 Å². The van der Waals surface area contributed by atoms with Gasteiger partial charge >= 0.3 is 0 Å². The second-order valence-corrected chi connectivity index (χ2v) is 5.29. The van der Waals surface area contributed by atoms with Crippen LogP contribution in [0, 0.1) is 19.8 Å². The zero-order chi connectivity index (χ0) is 12.4. The van der Waals surface area contributed by atoms with Crippen molar-refractivity contribution < 1.29 is 4.74 Å². The molecule has 0 spiro atoms. The third-order valence-electron chi connectivity index (χ3n) is 3.33. The molecule has 0 bridgehead atoms. The van der Waals surface area contributed by atoms with Crippen LogP contribution in [0.3, 0.4) is 0 Å². The van der Waals surface area contributed by atoms with Gasteiger partial charge in [-0.2, -0.15) is 0 Å². The first-order valence-electron chi connectivity index (χ1n) is 6.25. The van der Waals surface area contributed by atoms with E-state index in [0.29, 0.717) is 6.54 Å². The Hall–Kier alpha value is -0.730. The molecule has 1 aliphatic rings. The predicted molar refractivity (Wildman–Crippen MR) is 71.9 cm³/mol. The van der Waals surface area contributed by atoms with E-state index in [0.717, 1.165) is 40.8 Å². The van der Waals surface area contributed by atoms with Gasteiger partial charge in [0.1, 0.15) is 5.75 Å². The van der Waals surface area contributed by atoms with Crippen LogP contribution in [0.2, 0.25) is 5.02 Å². The van der Waals surface area contributed by atoms with Crippen LogP contribution in [0.1, 0.15) is 29.5 Å². The maximum Gasteiger partial charge on any atom is 0.141 e. The zero-order valence-corrected chi connectivity index (χ0v) is 11.3. The van der Waals surface area contributed by atoms with Gasteiger partial charge in [0.05, 0.1) is 11.6 Å². The average molecular weight is 254 g/mol. The molecule has 17 heavy (non-hydrogen) atoms. The molecule has 0 amide bonds. The molecule has 0 aromatic heterocycles. The number of nitrogens with two attached hydrogens (primary N) is 1. The van der Waals surface area contributed by atoms with Crippen molar-refractivity contribution in [3.05, 3.63) is 27.8 Å². The van der Waals surface area contributed by atoms with Gasteiger partial charge < -0.3 is 10.5 Å². The number of benzene rings is 1. The fourth-order valence-corrected chi connectivity index (χ4v) is 2.32. The van der Waals surface area contributed by atoms with Crippen LogP contribution in [0.25, 0.3) is 0 Å². The molecule has 1 saturated carbocycles. The summed E-state index contributed by atoms with van der Waals surface area (Å²) in [5.41, 5.74) is 9.05. The van der Waals surface area contributed by atoms with Gasteiger partial charge in [0, 0.05) is 0 Å². The summed E-state index contributed by atoms with van der Waals surface area (Å²) in [6.45, 7) is 5.54. The van der Waals surface area contributed by atoms with E-state index in [2.05, 4.69) is 6.07 Å². The lowest BCUT2D eigenvalue weighted by atomic mass is 10.0. The number of rotatable bonds is 5. The summed E-state index contributed by atoms with van der Waals surface area (Å²) in [4.78, 5) is 0. The van der Waals surface area contributed by atoms with Gasteiger partial charge in [-0.05, 0) is 62.3 Å². The third kappa shape index (κ3) is 2.93. The summed E-state index contributed by atoms with van der Waals surface area (Å²) < 4.78 is 5.84. The maximum absolute atomic E-state index is 6.38. The molecule has 0 radical (unpaired) electrons. The van der Waals surface area contributed by atoms with Crippen molar-refractivity contribution >= 4 is 11.6 Å². The summed E-state index contributed by atoms with van der Waals surface area (Å²) >= 11 is 6.38. The van der Waals surface area contributed by atoms with Gasteiger partial charge in [-0.1, -0.05) is 17.7 Å². The molecule has 1 aromatic carbocycles. The van der Waals surface area contributed by atoms with Crippen LogP contribution in [-0.4, -0.2) is 13.2 Å². The Balaban J connectivity index is 2.21. The fourth-order valence-electron chi connectivity index (χ4n) is 2.00. The molecule has 2 rings (SSSR count). The van der Waals surface area contributed by atoms with Gasteiger partial charge in [-0.3, -0.25) is 0 Å². The van der Waals surface area contributed by atoms with Gasteiger partial charge in [0.25, 0.3) is 0 Å². The molecule has 94 valence electrons. The minimum atomic E-state index is 0.652. The monoisotopic (exact) mass is 253 g/mol. The minimum absolute atomic E-state index is 0.652. The largest absolute Gasteiger partial charge is 0.491 e. The topological polar surface area (TPSA) is 35.2 Å². The van der Waals surface area contributed by atoms with Crippen molar-refractivity contribution in [2.45, 2.75) is 33.1 Å². The summed E-state index contributed by atoms with van der Waals surface area (Å²) in [6.07, 6.45) is 3.46. The van der Waals surface area contributed by atoms with Crippen molar-refractivity contribution in [2.24, 2.45) is 11.7 Å². The number of halogens is 1. The normalized spacial score (nSPS) is 15.1. The first-order chi connectivity index (χ1) is 8.13. The van der Waals surface area contributed by atoms with Crippen molar-refractivity contribution in [3.8, 4) is 5.75 Å². The zero-order valence-electron chi connectivity index (χ0n) is 10.6. The summed E-state index contributed by atoms with van der Waals surface area (Å²) in [7, 11) is 0. The standard InChI is InChI=1S/C14H20ClNO/c1-9-7-12(5-6-16)10(2)13(15)14(9)17-8-11-3-4-11/h7,11H,3-6,8,16H2,1-2H3. The Kier molecular flexibility index (Phi) is 3.95. The highest BCUT2D eigenvalue weighted by Crippen LogP contribution is 2.36. The lowest BCUT2D eigenvalue weighted by Gasteiger charge is -2.15. The van der Waals surface area contributed by atoms with Crippen molar-refractivity contribution in [1.29, 1.82) is 0 Å². The van der Waals surface area contributed by atoms with E-state index in [1.807, 2.05) is 13.8 Å². The number of hydrogen-bond donors (Lipinski definition) is 1. The molecule has 0 heterocycles. The molecule has 1 aliphatic carbocycles. The first-order valence-corrected chi connectivity index (χ1v) is 6.62. The van der Waals surface area contributed by atoms with Gasteiger partial charge in [0.15, 0.2) is 0 Å². The average Bonchev–Trinajstić information content (AvgIpc) is 3.10. The van der Waals surface area contributed by atoms with Crippen LogP contribution in [0.15, 0.2) is 6.07 Å². The third-order valence-corrected chi connectivity index (χ3v) is 3.79. The van der Waals surface area contributed by atoms with E-state index in [4.69, 9.17) is 22.1 Å². The van der Waals surface area contributed by atoms with Crippen LogP contribution in [-0.2, 0) is 6.42 Å². The molecule has 1 aromatic rings. The molecule has 2 nitrogen and oxygen atoms in total. The molecule has 0 saturated heterocycles. The first kappa shape index (κ1) is 12.7. The Morgan fingerprint density at radius 1 is 1.41 bits per heavy atom. The van der Waals surface area contributed by atoms with Crippen LogP contribution >= 0.6 is 11.6 Å². The minimum Gasteiger partial charge on any atom is -0.491 e. The van der Waals surface area contributed by atoms with E-state index in [1.54, 1.807) is 0 Å². The SMILES string of the molecule is Cc1cc(CCN)c(C)c(Cl)c1OCC1CC1. The van der Waals surface area contributed by atoms with E-state index < -0.39 is 0 Å². The summed E-state index contributed by atoms with van der Waals surface area (Å²) in [5.74, 6) is 1.60. The quantitative estimate of drug-likeness (QED) is 0.874. The molecule has 0 unspecified atom stereocenters. The number of hydrogen-bond acceptors (Lipinski definition) is 2. The van der Waals surface area contributed by atoms with Crippen LogP contribution in [0.4, 0.5) is 0 Å². The Morgan fingerprint density at radius 3 is 2.71 bits per heavy atom.